The Morgan fingerprint density at radius 1 is 1.53 bits per heavy atom. The molecule has 0 amide bonds. The summed E-state index contributed by atoms with van der Waals surface area (Å²) >= 11 is 3.52. The fourth-order valence-electron chi connectivity index (χ4n) is 1.71. The average Bonchev–Trinajstić information content (AvgIpc) is 2.81. The van der Waals surface area contributed by atoms with E-state index in [1.54, 1.807) is 11.3 Å². The van der Waals surface area contributed by atoms with Crippen LogP contribution in [0.5, 0.6) is 0 Å². The second kappa shape index (κ2) is 5.89. The van der Waals surface area contributed by atoms with E-state index in [2.05, 4.69) is 47.0 Å². The highest BCUT2D eigenvalue weighted by atomic mass is 32.2. The highest BCUT2D eigenvalue weighted by Gasteiger charge is 2.12. The Bertz CT molecular complexity index is 473. The topological polar surface area (TPSA) is 29.3 Å². The van der Waals surface area contributed by atoms with Crippen molar-refractivity contribution in [1.82, 2.24) is 14.7 Å². The zero-order valence-electron chi connectivity index (χ0n) is 10.6. The standard InChI is InChI=1S/C12H19N3S2/c1-4-16-11-10(8-13-7-9(2)3)15-5-6-17-12(15)14-11/h5-6,9,13H,4,7-8H2,1-3H3. The number of hydrogen-bond donors (Lipinski definition) is 1. The van der Waals surface area contributed by atoms with Gasteiger partial charge in [0.25, 0.3) is 0 Å². The molecule has 1 N–H and O–H groups in total. The zero-order chi connectivity index (χ0) is 12.3. The van der Waals surface area contributed by atoms with E-state index >= 15 is 0 Å². The largest absolute Gasteiger partial charge is 0.311 e. The van der Waals surface area contributed by atoms with Crippen LogP contribution in [0.2, 0.25) is 0 Å². The second-order valence-electron chi connectivity index (χ2n) is 4.38. The van der Waals surface area contributed by atoms with Gasteiger partial charge in [0.05, 0.1) is 5.69 Å². The average molecular weight is 269 g/mol. The van der Waals surface area contributed by atoms with Crippen molar-refractivity contribution < 1.29 is 0 Å². The first-order valence-electron chi connectivity index (χ1n) is 6.00. The van der Waals surface area contributed by atoms with Crippen LogP contribution in [-0.4, -0.2) is 21.7 Å². The molecule has 2 heterocycles. The van der Waals surface area contributed by atoms with Gasteiger partial charge in [-0.05, 0) is 18.2 Å². The first kappa shape index (κ1) is 12.9. The van der Waals surface area contributed by atoms with Crippen molar-refractivity contribution in [2.45, 2.75) is 32.3 Å². The lowest BCUT2D eigenvalue weighted by molar-refractivity contribution is 0.544. The summed E-state index contributed by atoms with van der Waals surface area (Å²) in [5.41, 5.74) is 1.30. The molecule has 0 saturated heterocycles. The van der Waals surface area contributed by atoms with Gasteiger partial charge in [-0.2, -0.15) is 0 Å². The number of imidazole rings is 1. The predicted molar refractivity (Wildman–Crippen MR) is 76.0 cm³/mol. The molecule has 0 aromatic carbocycles. The molecule has 0 spiro atoms. The van der Waals surface area contributed by atoms with E-state index in [-0.39, 0.29) is 0 Å². The Hall–Kier alpha value is -0.520. The highest BCUT2D eigenvalue weighted by Crippen LogP contribution is 2.25. The molecule has 0 unspecified atom stereocenters. The molecule has 0 saturated carbocycles. The molecule has 0 aliphatic heterocycles. The molecule has 0 fully saturated rings. The Morgan fingerprint density at radius 2 is 2.35 bits per heavy atom. The summed E-state index contributed by atoms with van der Waals surface area (Å²) in [5.74, 6) is 1.75. The highest BCUT2D eigenvalue weighted by molar-refractivity contribution is 7.99. The maximum Gasteiger partial charge on any atom is 0.194 e. The van der Waals surface area contributed by atoms with E-state index < -0.39 is 0 Å². The Balaban J connectivity index is 2.16. The molecule has 2 aromatic rings. The molecule has 0 atom stereocenters. The monoisotopic (exact) mass is 269 g/mol. The summed E-state index contributed by atoms with van der Waals surface area (Å²) in [7, 11) is 0. The lowest BCUT2D eigenvalue weighted by atomic mass is 10.2. The maximum atomic E-state index is 4.66. The summed E-state index contributed by atoms with van der Waals surface area (Å²) < 4.78 is 2.20. The van der Waals surface area contributed by atoms with Crippen LogP contribution >= 0.6 is 23.1 Å². The maximum absolute atomic E-state index is 4.66. The molecule has 0 aliphatic carbocycles. The van der Waals surface area contributed by atoms with Crippen LogP contribution in [-0.2, 0) is 6.54 Å². The molecule has 5 heteroatoms. The second-order valence-corrected chi connectivity index (χ2v) is 6.50. The van der Waals surface area contributed by atoms with E-state index in [1.807, 2.05) is 11.8 Å². The number of fused-ring (bicyclic) bond motifs is 1. The number of thiazole rings is 1. The van der Waals surface area contributed by atoms with Gasteiger partial charge in [-0.1, -0.05) is 20.8 Å². The summed E-state index contributed by atoms with van der Waals surface area (Å²) in [5, 5.41) is 6.77. The fraction of sp³-hybridized carbons (Fsp3) is 0.583. The molecular formula is C12H19N3S2. The van der Waals surface area contributed by atoms with Crippen molar-refractivity contribution in [2.24, 2.45) is 5.92 Å². The Kier molecular flexibility index (Phi) is 4.48. The van der Waals surface area contributed by atoms with Gasteiger partial charge in [-0.15, -0.1) is 23.1 Å². The smallest absolute Gasteiger partial charge is 0.194 e. The summed E-state index contributed by atoms with van der Waals surface area (Å²) in [6.07, 6.45) is 2.11. The molecule has 3 nitrogen and oxygen atoms in total. The van der Waals surface area contributed by atoms with Gasteiger partial charge < -0.3 is 5.32 Å². The Morgan fingerprint density at radius 3 is 3.06 bits per heavy atom. The minimum absolute atomic E-state index is 0.683. The van der Waals surface area contributed by atoms with Crippen molar-refractivity contribution >= 4 is 28.1 Å². The van der Waals surface area contributed by atoms with Crippen LogP contribution in [0.4, 0.5) is 0 Å². The number of aromatic nitrogens is 2. The van der Waals surface area contributed by atoms with Crippen LogP contribution in [0.15, 0.2) is 16.6 Å². The van der Waals surface area contributed by atoms with E-state index in [1.165, 1.54) is 10.7 Å². The molecule has 0 bridgehead atoms. The van der Waals surface area contributed by atoms with Crippen molar-refractivity contribution in [3.8, 4) is 0 Å². The molecule has 0 radical (unpaired) electrons. The van der Waals surface area contributed by atoms with Gasteiger partial charge in [-0.25, -0.2) is 4.98 Å². The predicted octanol–water partition coefficient (Wildman–Crippen LogP) is 3.25. The number of rotatable bonds is 6. The van der Waals surface area contributed by atoms with Crippen LogP contribution in [0.1, 0.15) is 26.5 Å². The molecule has 2 rings (SSSR count). The first-order valence-corrected chi connectivity index (χ1v) is 7.86. The third-order valence-corrected chi connectivity index (χ3v) is 4.10. The summed E-state index contributed by atoms with van der Waals surface area (Å²) in [6.45, 7) is 8.58. The van der Waals surface area contributed by atoms with Gasteiger partial charge in [0.15, 0.2) is 4.96 Å². The summed E-state index contributed by atoms with van der Waals surface area (Å²) in [6, 6.07) is 0. The van der Waals surface area contributed by atoms with Crippen LogP contribution in [0, 0.1) is 5.92 Å². The first-order chi connectivity index (χ1) is 8.22. The van der Waals surface area contributed by atoms with Crippen LogP contribution in [0.3, 0.4) is 0 Å². The van der Waals surface area contributed by atoms with Crippen LogP contribution < -0.4 is 5.32 Å². The third kappa shape index (κ3) is 3.03. The van der Waals surface area contributed by atoms with Gasteiger partial charge in [0, 0.05) is 18.1 Å². The molecule has 17 heavy (non-hydrogen) atoms. The minimum Gasteiger partial charge on any atom is -0.311 e. The van der Waals surface area contributed by atoms with E-state index in [0.717, 1.165) is 23.8 Å². The number of nitrogens with zero attached hydrogens (tertiary/aromatic N) is 2. The zero-order valence-corrected chi connectivity index (χ0v) is 12.2. The fourth-order valence-corrected chi connectivity index (χ4v) is 3.26. The van der Waals surface area contributed by atoms with Crippen molar-refractivity contribution in [3.63, 3.8) is 0 Å². The quantitative estimate of drug-likeness (QED) is 0.816. The van der Waals surface area contributed by atoms with E-state index in [0.29, 0.717) is 5.92 Å². The molecule has 2 aromatic heterocycles. The van der Waals surface area contributed by atoms with Gasteiger partial charge in [0.1, 0.15) is 5.03 Å². The van der Waals surface area contributed by atoms with E-state index in [9.17, 15) is 0 Å². The SMILES string of the molecule is CCSc1nc2sccn2c1CNCC(C)C. The van der Waals surface area contributed by atoms with Crippen molar-refractivity contribution in [3.05, 3.63) is 17.3 Å². The number of nitrogens with one attached hydrogen (secondary N) is 1. The number of hydrogen-bond acceptors (Lipinski definition) is 4. The lowest BCUT2D eigenvalue weighted by Crippen LogP contribution is -2.20. The molecule has 0 aliphatic rings. The molecular weight excluding hydrogens is 250 g/mol. The number of thioether (sulfide) groups is 1. The van der Waals surface area contributed by atoms with Crippen LogP contribution in [0.25, 0.3) is 4.96 Å². The van der Waals surface area contributed by atoms with Gasteiger partial charge >= 0.3 is 0 Å². The van der Waals surface area contributed by atoms with Gasteiger partial charge in [0.2, 0.25) is 0 Å². The van der Waals surface area contributed by atoms with E-state index in [4.69, 9.17) is 0 Å². The molecule has 94 valence electrons. The van der Waals surface area contributed by atoms with Crippen molar-refractivity contribution in [2.75, 3.05) is 12.3 Å². The summed E-state index contributed by atoms with van der Waals surface area (Å²) in [4.78, 5) is 5.76. The minimum atomic E-state index is 0.683. The van der Waals surface area contributed by atoms with Gasteiger partial charge in [-0.3, -0.25) is 4.40 Å². The van der Waals surface area contributed by atoms with Crippen molar-refractivity contribution in [1.29, 1.82) is 0 Å². The Labute approximate surface area is 111 Å². The third-order valence-electron chi connectivity index (χ3n) is 2.45. The normalized spacial score (nSPS) is 11.8. The lowest BCUT2D eigenvalue weighted by Gasteiger charge is -2.08.